The summed E-state index contributed by atoms with van der Waals surface area (Å²) < 4.78 is 22.8. The lowest BCUT2D eigenvalue weighted by atomic mass is 10.2. The lowest BCUT2D eigenvalue weighted by Gasteiger charge is -2.34. The first-order valence-corrected chi connectivity index (χ1v) is 12.9. The molecule has 2 aliphatic heterocycles. The van der Waals surface area contributed by atoms with Crippen LogP contribution in [-0.2, 0) is 32.3 Å². The standard InChI is InChI=1S/2C16H15NO3/c2*1-16(19-11-12-7-3-2-4-8-12)15(18)17-13-9-5-6-10-14(13)20-16/h2*2-10H,11H2,1H3,(H,17,18)/t2*16-/m10/s1. The molecule has 0 spiro atoms. The molecule has 2 heterocycles. The molecule has 40 heavy (non-hydrogen) atoms. The smallest absolute Gasteiger partial charge is 0.297 e. The van der Waals surface area contributed by atoms with Crippen molar-refractivity contribution in [3.05, 3.63) is 120 Å². The topological polar surface area (TPSA) is 95.1 Å². The molecule has 0 fully saturated rings. The number of rotatable bonds is 6. The van der Waals surface area contributed by atoms with E-state index in [1.54, 1.807) is 38.1 Å². The van der Waals surface area contributed by atoms with Crippen LogP contribution in [0.5, 0.6) is 11.5 Å². The van der Waals surface area contributed by atoms with Crippen molar-refractivity contribution in [1.82, 2.24) is 0 Å². The first kappa shape index (κ1) is 26.9. The van der Waals surface area contributed by atoms with Gasteiger partial charge in [-0.25, -0.2) is 0 Å². The number of amides is 2. The van der Waals surface area contributed by atoms with Crippen molar-refractivity contribution in [3.8, 4) is 11.5 Å². The number of nitrogens with one attached hydrogen (secondary N) is 2. The summed E-state index contributed by atoms with van der Waals surface area (Å²) in [6.07, 6.45) is 0. The molecule has 0 unspecified atom stereocenters. The van der Waals surface area contributed by atoms with Gasteiger partial charge in [-0.3, -0.25) is 9.59 Å². The number of hydrogen-bond donors (Lipinski definition) is 2. The van der Waals surface area contributed by atoms with Crippen LogP contribution in [0.1, 0.15) is 25.0 Å². The summed E-state index contributed by atoms with van der Waals surface area (Å²) in [5, 5.41) is 5.60. The van der Waals surface area contributed by atoms with Gasteiger partial charge in [0.15, 0.2) is 0 Å². The fourth-order valence-corrected chi connectivity index (χ4v) is 4.08. The van der Waals surface area contributed by atoms with Crippen molar-refractivity contribution in [3.63, 3.8) is 0 Å². The molecule has 2 aliphatic rings. The van der Waals surface area contributed by atoms with E-state index >= 15 is 0 Å². The van der Waals surface area contributed by atoms with Crippen LogP contribution in [0, 0.1) is 0 Å². The second kappa shape index (κ2) is 11.6. The van der Waals surface area contributed by atoms with Gasteiger partial charge in [-0.1, -0.05) is 84.9 Å². The van der Waals surface area contributed by atoms with E-state index < -0.39 is 11.6 Å². The van der Waals surface area contributed by atoms with Crippen LogP contribution >= 0.6 is 0 Å². The third-order valence-corrected chi connectivity index (χ3v) is 6.42. The number of anilines is 2. The van der Waals surface area contributed by atoms with Gasteiger partial charge in [0.05, 0.1) is 24.6 Å². The Morgan fingerprint density at radius 3 is 1.30 bits per heavy atom. The van der Waals surface area contributed by atoms with Crippen LogP contribution in [0.4, 0.5) is 11.4 Å². The Balaban J connectivity index is 0.000000161. The maximum Gasteiger partial charge on any atom is 0.297 e. The molecule has 4 aromatic carbocycles. The molecule has 8 nitrogen and oxygen atoms in total. The first-order chi connectivity index (χ1) is 19.3. The predicted octanol–water partition coefficient (Wildman–Crippen LogP) is 5.90. The van der Waals surface area contributed by atoms with Gasteiger partial charge in [-0.15, -0.1) is 0 Å². The van der Waals surface area contributed by atoms with Crippen molar-refractivity contribution in [1.29, 1.82) is 0 Å². The van der Waals surface area contributed by atoms with Gasteiger partial charge in [0.25, 0.3) is 23.4 Å². The first-order valence-electron chi connectivity index (χ1n) is 12.9. The third kappa shape index (κ3) is 6.14. The molecule has 204 valence electrons. The van der Waals surface area contributed by atoms with Crippen LogP contribution in [0.15, 0.2) is 109 Å². The zero-order valence-corrected chi connectivity index (χ0v) is 22.3. The molecule has 0 radical (unpaired) electrons. The highest BCUT2D eigenvalue weighted by Gasteiger charge is 2.42. The maximum atomic E-state index is 12.1. The quantitative estimate of drug-likeness (QED) is 0.317. The zero-order valence-electron chi connectivity index (χ0n) is 22.3. The highest BCUT2D eigenvalue weighted by Crippen LogP contribution is 2.35. The Morgan fingerprint density at radius 2 is 0.900 bits per heavy atom. The molecule has 8 heteroatoms. The minimum absolute atomic E-state index is 0.299. The van der Waals surface area contributed by atoms with Crippen molar-refractivity contribution >= 4 is 23.2 Å². The van der Waals surface area contributed by atoms with Gasteiger partial charge in [0, 0.05) is 13.8 Å². The second-order valence-corrected chi connectivity index (χ2v) is 9.54. The predicted molar refractivity (Wildman–Crippen MR) is 151 cm³/mol. The van der Waals surface area contributed by atoms with Gasteiger partial charge in [-0.2, -0.15) is 0 Å². The molecule has 0 aliphatic carbocycles. The largest absolute Gasteiger partial charge is 0.451 e. The normalized spacial score (nSPS) is 20.8. The van der Waals surface area contributed by atoms with Gasteiger partial charge < -0.3 is 29.6 Å². The highest BCUT2D eigenvalue weighted by molar-refractivity contribution is 6.00. The summed E-state index contributed by atoms with van der Waals surface area (Å²) in [4.78, 5) is 24.3. The van der Waals surface area contributed by atoms with Gasteiger partial charge in [0.2, 0.25) is 0 Å². The summed E-state index contributed by atoms with van der Waals surface area (Å²) in [7, 11) is 0. The minimum atomic E-state index is -1.32. The maximum absolute atomic E-state index is 12.1. The molecule has 2 amide bonds. The van der Waals surface area contributed by atoms with Crippen LogP contribution in [-0.4, -0.2) is 23.4 Å². The molecule has 2 atom stereocenters. The molecule has 2 N–H and O–H groups in total. The fraction of sp³-hybridized carbons (Fsp3) is 0.188. The van der Waals surface area contributed by atoms with Crippen molar-refractivity contribution < 1.29 is 28.5 Å². The van der Waals surface area contributed by atoms with E-state index in [1.807, 2.05) is 84.9 Å². The van der Waals surface area contributed by atoms with E-state index in [0.29, 0.717) is 36.1 Å². The Kier molecular flexibility index (Phi) is 7.82. The number of benzene rings is 4. The van der Waals surface area contributed by atoms with Crippen molar-refractivity contribution in [2.75, 3.05) is 10.6 Å². The molecule has 0 aromatic heterocycles. The molecule has 0 saturated heterocycles. The summed E-state index contributed by atoms with van der Waals surface area (Å²) in [5.41, 5.74) is 3.31. The van der Waals surface area contributed by atoms with Gasteiger partial charge >= 0.3 is 0 Å². The number of hydrogen-bond acceptors (Lipinski definition) is 6. The van der Waals surface area contributed by atoms with E-state index in [4.69, 9.17) is 18.9 Å². The Hall–Kier alpha value is -4.66. The average molecular weight is 539 g/mol. The average Bonchev–Trinajstić information content (AvgIpc) is 2.98. The molecular weight excluding hydrogens is 508 g/mol. The summed E-state index contributed by atoms with van der Waals surface area (Å²) in [6, 6.07) is 34.0. The number of carbonyl (C=O) groups is 2. The monoisotopic (exact) mass is 538 g/mol. The molecule has 0 saturated carbocycles. The van der Waals surface area contributed by atoms with E-state index in [-0.39, 0.29) is 11.8 Å². The SMILES string of the molecule is C[C@@]1(OCc2ccccc2)Oc2ccccc2NC1=O.C[C@]1(OCc2ccccc2)Oc2ccccc2NC1=O. The van der Waals surface area contributed by atoms with Crippen molar-refractivity contribution in [2.24, 2.45) is 0 Å². The number of ether oxygens (including phenoxy) is 4. The molecule has 4 aromatic rings. The van der Waals surface area contributed by atoms with Gasteiger partial charge in [0.1, 0.15) is 11.5 Å². The van der Waals surface area contributed by atoms with Crippen molar-refractivity contribution in [2.45, 2.75) is 38.6 Å². The van der Waals surface area contributed by atoms with Gasteiger partial charge in [-0.05, 0) is 35.4 Å². The number of para-hydroxylation sites is 4. The Bertz CT molecular complexity index is 1370. The van der Waals surface area contributed by atoms with E-state index in [2.05, 4.69) is 10.6 Å². The Labute approximate surface area is 232 Å². The van der Waals surface area contributed by atoms with E-state index in [9.17, 15) is 9.59 Å². The summed E-state index contributed by atoms with van der Waals surface area (Å²) in [6.45, 7) is 3.88. The lowest BCUT2D eigenvalue weighted by Crippen LogP contribution is -2.50. The van der Waals surface area contributed by atoms with E-state index in [0.717, 1.165) is 11.1 Å². The number of carbonyl (C=O) groups excluding carboxylic acids is 2. The molecule has 6 rings (SSSR count). The van der Waals surface area contributed by atoms with Crippen LogP contribution in [0.2, 0.25) is 0 Å². The highest BCUT2D eigenvalue weighted by atomic mass is 16.7. The third-order valence-electron chi connectivity index (χ3n) is 6.42. The summed E-state index contributed by atoms with van der Waals surface area (Å²) >= 11 is 0. The second-order valence-electron chi connectivity index (χ2n) is 9.54. The number of fused-ring (bicyclic) bond motifs is 2. The lowest BCUT2D eigenvalue weighted by molar-refractivity contribution is -0.189. The molecule has 0 bridgehead atoms. The Morgan fingerprint density at radius 1 is 0.550 bits per heavy atom. The minimum Gasteiger partial charge on any atom is -0.451 e. The zero-order chi connectivity index (χ0) is 28.0. The summed E-state index contributed by atoms with van der Waals surface area (Å²) in [5.74, 6) is -2.00. The van der Waals surface area contributed by atoms with Crippen LogP contribution in [0.25, 0.3) is 0 Å². The van der Waals surface area contributed by atoms with Crippen LogP contribution < -0.4 is 20.1 Å². The fourth-order valence-electron chi connectivity index (χ4n) is 4.08. The van der Waals surface area contributed by atoms with Crippen LogP contribution in [0.3, 0.4) is 0 Å². The van der Waals surface area contributed by atoms with E-state index in [1.165, 1.54) is 0 Å². The molecular formula is C32H30N2O6.